The van der Waals surface area contributed by atoms with Gasteiger partial charge in [-0.1, -0.05) is 6.07 Å². The summed E-state index contributed by atoms with van der Waals surface area (Å²) in [5.41, 5.74) is 0.859. The van der Waals surface area contributed by atoms with E-state index in [1.165, 1.54) is 0 Å². The van der Waals surface area contributed by atoms with Crippen LogP contribution >= 0.6 is 12.2 Å². The minimum absolute atomic E-state index is 0.203. The van der Waals surface area contributed by atoms with E-state index in [2.05, 4.69) is 14.9 Å². The molecule has 2 aromatic heterocycles. The first-order valence-corrected chi connectivity index (χ1v) is 10.5. The number of hydrogen-bond acceptors (Lipinski definition) is 6. The third-order valence-electron chi connectivity index (χ3n) is 4.95. The number of pyridine rings is 1. The zero-order chi connectivity index (χ0) is 16.7. The van der Waals surface area contributed by atoms with Gasteiger partial charge in [0.2, 0.25) is 4.77 Å². The van der Waals surface area contributed by atoms with E-state index in [0.717, 1.165) is 38.2 Å². The second-order valence-corrected chi connectivity index (χ2v) is 9.16. The van der Waals surface area contributed by atoms with Crippen molar-refractivity contribution in [2.45, 2.75) is 19.1 Å². The molecule has 1 unspecified atom stereocenters. The molecule has 2 aliphatic heterocycles. The number of nitrogens with zero attached hydrogens (tertiary/aromatic N) is 5. The van der Waals surface area contributed by atoms with Crippen LogP contribution in [0, 0.1) is 4.77 Å². The van der Waals surface area contributed by atoms with Gasteiger partial charge >= 0.3 is 0 Å². The molecule has 0 aliphatic carbocycles. The van der Waals surface area contributed by atoms with Crippen LogP contribution in [0.15, 0.2) is 24.4 Å². The molecule has 0 saturated carbocycles. The van der Waals surface area contributed by atoms with Crippen LogP contribution in [0.1, 0.15) is 6.42 Å². The number of rotatable bonds is 3. The van der Waals surface area contributed by atoms with Gasteiger partial charge in [0.15, 0.2) is 15.5 Å². The van der Waals surface area contributed by atoms with Crippen molar-refractivity contribution in [2.24, 2.45) is 0 Å². The molecule has 9 heteroatoms. The molecule has 1 atom stereocenters. The minimum Gasteiger partial charge on any atom is -0.297 e. The number of aromatic nitrogens is 3. The molecule has 0 amide bonds. The third kappa shape index (κ3) is 3.13. The van der Waals surface area contributed by atoms with E-state index in [1.54, 1.807) is 0 Å². The summed E-state index contributed by atoms with van der Waals surface area (Å²) in [5.74, 6) is 0.665. The van der Waals surface area contributed by atoms with Crippen LogP contribution in [0.5, 0.6) is 0 Å². The van der Waals surface area contributed by atoms with Gasteiger partial charge in [0.05, 0.1) is 18.2 Å². The zero-order valence-electron chi connectivity index (χ0n) is 13.4. The molecular formula is C15H21N5O2S2. The highest BCUT2D eigenvalue weighted by Crippen LogP contribution is 2.19. The van der Waals surface area contributed by atoms with Crippen molar-refractivity contribution < 1.29 is 8.42 Å². The Morgan fingerprint density at radius 3 is 2.67 bits per heavy atom. The molecular weight excluding hydrogens is 346 g/mol. The van der Waals surface area contributed by atoms with Gasteiger partial charge in [-0.25, -0.2) is 13.1 Å². The van der Waals surface area contributed by atoms with Gasteiger partial charge in [0.1, 0.15) is 0 Å². The van der Waals surface area contributed by atoms with E-state index in [1.807, 2.05) is 33.5 Å². The normalized spacial score (nSPS) is 25.4. The maximum absolute atomic E-state index is 11.6. The van der Waals surface area contributed by atoms with E-state index in [9.17, 15) is 8.42 Å². The van der Waals surface area contributed by atoms with Gasteiger partial charge in [-0.15, -0.1) is 0 Å². The Balaban J connectivity index is 1.39. The summed E-state index contributed by atoms with van der Waals surface area (Å²) in [6, 6.07) is 6.05. The summed E-state index contributed by atoms with van der Waals surface area (Å²) < 4.78 is 27.8. The molecule has 4 rings (SSSR count). The number of sulfone groups is 1. The van der Waals surface area contributed by atoms with Crippen molar-refractivity contribution in [2.75, 3.05) is 37.7 Å². The first-order valence-electron chi connectivity index (χ1n) is 8.23. The fourth-order valence-electron chi connectivity index (χ4n) is 3.58. The Hall–Kier alpha value is -1.29. The average molecular weight is 368 g/mol. The largest absolute Gasteiger partial charge is 0.297 e. The van der Waals surface area contributed by atoms with Crippen LogP contribution in [0.4, 0.5) is 0 Å². The molecule has 0 N–H and O–H groups in total. The standard InChI is InChI=1S/C15H21N5O2S2/c21-24(22)10-4-13(11-24)18-8-6-17(7-9-18)12-20-15(23)19-5-2-1-3-14(19)16-20/h1-3,5,13H,4,6-12H2. The van der Waals surface area contributed by atoms with Crippen LogP contribution in [0.25, 0.3) is 5.65 Å². The number of fused-ring (bicyclic) bond motifs is 1. The smallest absolute Gasteiger partial charge is 0.203 e. The first kappa shape index (κ1) is 16.2. The predicted octanol–water partition coefficient (Wildman–Crippen LogP) is 0.627. The molecule has 7 nitrogen and oxygen atoms in total. The molecule has 24 heavy (non-hydrogen) atoms. The monoisotopic (exact) mass is 367 g/mol. The van der Waals surface area contributed by atoms with Crippen LogP contribution in [0.2, 0.25) is 0 Å². The molecule has 2 saturated heterocycles. The summed E-state index contributed by atoms with van der Waals surface area (Å²) in [5, 5.41) is 4.56. The fraction of sp³-hybridized carbons (Fsp3) is 0.600. The Morgan fingerprint density at radius 1 is 1.21 bits per heavy atom. The minimum atomic E-state index is -2.81. The summed E-state index contributed by atoms with van der Waals surface area (Å²) in [6.07, 6.45) is 2.71. The van der Waals surface area contributed by atoms with Crippen LogP contribution in [0.3, 0.4) is 0 Å². The van der Waals surface area contributed by atoms with E-state index < -0.39 is 9.84 Å². The second-order valence-electron chi connectivity index (χ2n) is 6.56. The Labute approximate surface area is 146 Å². The van der Waals surface area contributed by atoms with Gasteiger partial charge in [-0.3, -0.25) is 14.2 Å². The molecule has 0 aromatic carbocycles. The Bertz CT molecular complexity index is 896. The predicted molar refractivity (Wildman–Crippen MR) is 94.2 cm³/mol. The third-order valence-corrected chi connectivity index (χ3v) is 7.11. The van der Waals surface area contributed by atoms with Gasteiger partial charge in [0.25, 0.3) is 0 Å². The van der Waals surface area contributed by atoms with Crippen LogP contribution in [-0.2, 0) is 16.5 Å². The molecule has 2 aromatic rings. The van der Waals surface area contributed by atoms with Crippen molar-refractivity contribution in [1.82, 2.24) is 24.0 Å². The number of hydrogen-bond donors (Lipinski definition) is 0. The molecule has 0 radical (unpaired) electrons. The molecule has 4 heterocycles. The van der Waals surface area contributed by atoms with E-state index in [4.69, 9.17) is 12.2 Å². The summed E-state index contributed by atoms with van der Waals surface area (Å²) >= 11 is 5.49. The maximum atomic E-state index is 11.6. The van der Waals surface area contributed by atoms with Gasteiger partial charge < -0.3 is 0 Å². The van der Waals surface area contributed by atoms with E-state index in [-0.39, 0.29) is 6.04 Å². The lowest BCUT2D eigenvalue weighted by Crippen LogP contribution is -2.50. The average Bonchev–Trinajstić information content (AvgIpc) is 3.09. The summed E-state index contributed by atoms with van der Waals surface area (Å²) in [7, 11) is -2.81. The maximum Gasteiger partial charge on any atom is 0.203 e. The second kappa shape index (κ2) is 6.21. The Morgan fingerprint density at radius 2 is 2.00 bits per heavy atom. The van der Waals surface area contributed by atoms with Crippen LogP contribution < -0.4 is 0 Å². The van der Waals surface area contributed by atoms with Crippen molar-refractivity contribution in [3.8, 4) is 0 Å². The SMILES string of the molecule is O=S1(=O)CCC(N2CCN(Cn3nc4ccccn4c3=S)CC2)C1. The van der Waals surface area contributed by atoms with Crippen molar-refractivity contribution in [3.63, 3.8) is 0 Å². The topological polar surface area (TPSA) is 62.9 Å². The van der Waals surface area contributed by atoms with Gasteiger partial charge in [0, 0.05) is 38.4 Å². The van der Waals surface area contributed by atoms with Crippen molar-refractivity contribution in [3.05, 3.63) is 29.2 Å². The quantitative estimate of drug-likeness (QED) is 0.742. The highest BCUT2D eigenvalue weighted by atomic mass is 32.2. The molecule has 2 aliphatic rings. The highest BCUT2D eigenvalue weighted by molar-refractivity contribution is 7.91. The van der Waals surface area contributed by atoms with Gasteiger partial charge in [-0.2, -0.15) is 5.10 Å². The van der Waals surface area contributed by atoms with Crippen molar-refractivity contribution in [1.29, 1.82) is 0 Å². The lowest BCUT2D eigenvalue weighted by molar-refractivity contribution is 0.0809. The highest BCUT2D eigenvalue weighted by Gasteiger charge is 2.33. The van der Waals surface area contributed by atoms with Gasteiger partial charge in [-0.05, 0) is 30.8 Å². The lowest BCUT2D eigenvalue weighted by atomic mass is 10.2. The Kier molecular flexibility index (Phi) is 4.19. The molecule has 0 bridgehead atoms. The molecule has 0 spiro atoms. The van der Waals surface area contributed by atoms with Crippen molar-refractivity contribution >= 4 is 27.7 Å². The van der Waals surface area contributed by atoms with E-state index in [0.29, 0.717) is 22.9 Å². The number of piperazine rings is 1. The summed E-state index contributed by atoms with van der Waals surface area (Å²) in [6.45, 7) is 4.30. The zero-order valence-corrected chi connectivity index (χ0v) is 15.0. The molecule has 130 valence electrons. The van der Waals surface area contributed by atoms with E-state index >= 15 is 0 Å². The summed E-state index contributed by atoms with van der Waals surface area (Å²) in [4.78, 5) is 4.65. The first-order chi connectivity index (χ1) is 11.5. The molecule has 2 fully saturated rings. The van der Waals surface area contributed by atoms with Crippen LogP contribution in [-0.4, -0.2) is 76.1 Å². The fourth-order valence-corrected chi connectivity index (χ4v) is 5.60. The lowest BCUT2D eigenvalue weighted by Gasteiger charge is -2.37.